The Hall–Kier alpha value is -4.99. The summed E-state index contributed by atoms with van der Waals surface area (Å²) in [5.41, 5.74) is -3.44. The summed E-state index contributed by atoms with van der Waals surface area (Å²) >= 11 is 0. The second-order valence-corrected chi connectivity index (χ2v) is 18.2. The molecule has 0 bridgehead atoms. The topological polar surface area (TPSA) is 199 Å². The summed E-state index contributed by atoms with van der Waals surface area (Å²) in [4.78, 5) is 75.3. The normalized spacial score (nSPS) is 22.8. The van der Waals surface area contributed by atoms with E-state index in [1.807, 2.05) is 6.07 Å². The van der Waals surface area contributed by atoms with E-state index in [1.54, 1.807) is 66.1 Å². The van der Waals surface area contributed by atoms with E-state index in [-0.39, 0.29) is 25.3 Å². The molecule has 0 radical (unpaired) electrons. The molecule has 1 aliphatic heterocycles. The van der Waals surface area contributed by atoms with Gasteiger partial charge in [-0.05, 0) is 89.6 Å². The van der Waals surface area contributed by atoms with Gasteiger partial charge in [-0.3, -0.25) is 23.9 Å². The van der Waals surface area contributed by atoms with Crippen molar-refractivity contribution in [2.75, 3.05) is 13.7 Å². The molecule has 1 saturated heterocycles. The molecule has 5 atom stereocenters. The van der Waals surface area contributed by atoms with Crippen LogP contribution in [0.2, 0.25) is 0 Å². The number of methoxy groups -OCH3 is 1. The van der Waals surface area contributed by atoms with Gasteiger partial charge >= 0.3 is 6.09 Å². The van der Waals surface area contributed by atoms with Crippen molar-refractivity contribution in [1.82, 2.24) is 25.2 Å². The minimum Gasteiger partial charge on any atom is -0.497 e. The van der Waals surface area contributed by atoms with Crippen LogP contribution in [0, 0.1) is 11.3 Å². The van der Waals surface area contributed by atoms with Gasteiger partial charge in [0, 0.05) is 23.9 Å². The maximum atomic E-state index is 14.8. The van der Waals surface area contributed by atoms with Crippen LogP contribution < -0.4 is 24.8 Å². The molecule has 2 heterocycles. The Kier molecular flexibility index (Phi) is 11.4. The minimum atomic E-state index is -3.95. The first-order valence-corrected chi connectivity index (χ1v) is 19.8. The number of carbonyl (C=O) groups is 5. The van der Waals surface area contributed by atoms with E-state index < -0.39 is 85.5 Å². The summed E-state index contributed by atoms with van der Waals surface area (Å²) in [6.07, 6.45) is 3.48. The molecule has 298 valence electrons. The number of nitrogens with one attached hydrogen (secondary N) is 3. The van der Waals surface area contributed by atoms with Crippen LogP contribution in [0.4, 0.5) is 4.79 Å². The zero-order chi connectivity index (χ0) is 40.7. The van der Waals surface area contributed by atoms with Crippen molar-refractivity contribution in [2.24, 2.45) is 11.3 Å². The van der Waals surface area contributed by atoms with Gasteiger partial charge in [-0.2, -0.15) is 0 Å². The van der Waals surface area contributed by atoms with E-state index in [1.165, 1.54) is 30.9 Å². The number of alkyl carbamates (subject to hydrolysis) is 1. The predicted octanol–water partition coefficient (Wildman–Crippen LogP) is 3.72. The maximum absolute atomic E-state index is 14.8. The minimum absolute atomic E-state index is 0.0792. The molecule has 4 amide bonds. The summed E-state index contributed by atoms with van der Waals surface area (Å²) in [5.74, 6) is -2.62. The van der Waals surface area contributed by atoms with Gasteiger partial charge in [0.15, 0.2) is 5.78 Å². The number of aromatic nitrogens is 1. The lowest BCUT2D eigenvalue weighted by Gasteiger charge is -2.36. The molecular formula is C39H51N5O10S. The molecule has 2 aliphatic carbocycles. The first-order chi connectivity index (χ1) is 25.6. The average molecular weight is 782 g/mol. The number of rotatable bonds is 14. The molecule has 2 aromatic rings. The van der Waals surface area contributed by atoms with Crippen molar-refractivity contribution in [2.45, 2.75) is 109 Å². The molecule has 1 aromatic carbocycles. The number of benzene rings is 1. The molecule has 3 fully saturated rings. The van der Waals surface area contributed by atoms with Crippen molar-refractivity contribution < 1.29 is 46.6 Å². The maximum Gasteiger partial charge on any atom is 0.408 e. The Bertz CT molecular complexity index is 2030. The van der Waals surface area contributed by atoms with E-state index in [0.29, 0.717) is 29.6 Å². The summed E-state index contributed by atoms with van der Waals surface area (Å²) in [7, 11) is -2.40. The number of amides is 4. The Labute approximate surface area is 321 Å². The Morgan fingerprint density at radius 1 is 1.07 bits per heavy atom. The van der Waals surface area contributed by atoms with E-state index in [2.05, 4.69) is 26.9 Å². The van der Waals surface area contributed by atoms with Crippen molar-refractivity contribution >= 4 is 50.4 Å². The van der Waals surface area contributed by atoms with Gasteiger partial charge in [0.05, 0.1) is 24.3 Å². The molecule has 3 N–H and O–H groups in total. The zero-order valence-electron chi connectivity index (χ0n) is 32.6. The number of sulfonamides is 1. The zero-order valence-corrected chi connectivity index (χ0v) is 33.4. The molecule has 3 aliphatic rings. The highest BCUT2D eigenvalue weighted by Crippen LogP contribution is 2.45. The van der Waals surface area contributed by atoms with Gasteiger partial charge < -0.3 is 29.7 Å². The summed E-state index contributed by atoms with van der Waals surface area (Å²) in [5, 5.41) is 6.08. The average Bonchev–Trinajstić information content (AvgIpc) is 4.02. The van der Waals surface area contributed by atoms with E-state index in [4.69, 9.17) is 14.2 Å². The molecule has 1 aromatic heterocycles. The van der Waals surface area contributed by atoms with E-state index in [0.717, 1.165) is 5.39 Å². The van der Waals surface area contributed by atoms with Crippen LogP contribution in [0.3, 0.4) is 0 Å². The predicted molar refractivity (Wildman–Crippen MR) is 203 cm³/mol. The quantitative estimate of drug-likeness (QED) is 0.187. The highest BCUT2D eigenvalue weighted by atomic mass is 32.2. The molecule has 0 unspecified atom stereocenters. The first kappa shape index (κ1) is 41.2. The largest absolute Gasteiger partial charge is 0.497 e. The van der Waals surface area contributed by atoms with Crippen LogP contribution in [0.1, 0.15) is 74.1 Å². The fraction of sp³-hybridized carbons (Fsp3) is 0.538. The van der Waals surface area contributed by atoms with Crippen LogP contribution in [0.25, 0.3) is 10.8 Å². The van der Waals surface area contributed by atoms with Crippen LogP contribution in [0.5, 0.6) is 11.6 Å². The van der Waals surface area contributed by atoms with Crippen molar-refractivity contribution in [1.29, 1.82) is 0 Å². The number of likely N-dealkylation sites (tertiary alicyclic amines) is 1. The smallest absolute Gasteiger partial charge is 0.408 e. The number of ether oxygens (including phenoxy) is 3. The molecule has 0 spiro atoms. The molecule has 55 heavy (non-hydrogen) atoms. The van der Waals surface area contributed by atoms with Gasteiger partial charge in [0.2, 0.25) is 27.7 Å². The standard InChI is InChI=1S/C39H51N5O10S/c1-10-24-20-39(24,35(48)43-55(50,51)27-12-13-27)42-32(46)29-19-26(53-33-28-14-11-25(52-9)18-23(28)15-16-40-33)21-44(29)34(47)31(41-36(49)54-37(4,5)6)38(7,8)30(45)17-22(2)3/h10-11,14-18,24,26-27,29,31H,1,12-13,19-21H2,2-9H3,(H,41,49)(H,42,46)(H,43,48)/t24-,26-,29+,31-,39-/m1/s1. The van der Waals surface area contributed by atoms with Gasteiger partial charge in [0.1, 0.15) is 35.1 Å². The Morgan fingerprint density at radius 3 is 2.35 bits per heavy atom. The Morgan fingerprint density at radius 2 is 1.76 bits per heavy atom. The summed E-state index contributed by atoms with van der Waals surface area (Å²) in [6.45, 7) is 15.0. The second-order valence-electron chi connectivity index (χ2n) is 16.3. The third kappa shape index (κ3) is 9.11. The molecule has 15 nitrogen and oxygen atoms in total. The Balaban J connectivity index is 1.51. The fourth-order valence-corrected chi connectivity index (χ4v) is 8.00. The molecular weight excluding hydrogens is 731 g/mol. The number of hydrogen-bond donors (Lipinski definition) is 3. The van der Waals surface area contributed by atoms with Crippen molar-refractivity contribution in [3.8, 4) is 11.6 Å². The van der Waals surface area contributed by atoms with Crippen molar-refractivity contribution in [3.63, 3.8) is 0 Å². The highest BCUT2D eigenvalue weighted by Gasteiger charge is 2.62. The van der Waals surface area contributed by atoms with Gasteiger partial charge in [-0.1, -0.05) is 25.5 Å². The van der Waals surface area contributed by atoms with Crippen LogP contribution in [0.15, 0.2) is 54.8 Å². The van der Waals surface area contributed by atoms with Crippen LogP contribution in [-0.4, -0.2) is 96.1 Å². The second kappa shape index (κ2) is 15.3. The number of hydrogen-bond acceptors (Lipinski definition) is 11. The van der Waals surface area contributed by atoms with Crippen molar-refractivity contribution in [3.05, 3.63) is 54.8 Å². The first-order valence-electron chi connectivity index (χ1n) is 18.2. The summed E-state index contributed by atoms with van der Waals surface area (Å²) in [6, 6.07) is 4.30. The highest BCUT2D eigenvalue weighted by molar-refractivity contribution is 7.91. The monoisotopic (exact) mass is 781 g/mol. The molecule has 2 saturated carbocycles. The van der Waals surface area contributed by atoms with Crippen LogP contribution >= 0.6 is 0 Å². The van der Waals surface area contributed by atoms with Gasteiger partial charge in [-0.25, -0.2) is 18.2 Å². The number of fused-ring (bicyclic) bond motifs is 1. The fourth-order valence-electron chi connectivity index (χ4n) is 6.63. The van der Waals surface area contributed by atoms with Gasteiger partial charge in [-0.15, -0.1) is 6.58 Å². The lowest BCUT2D eigenvalue weighted by atomic mass is 9.78. The number of allylic oxidation sites excluding steroid dienone is 2. The van der Waals surface area contributed by atoms with E-state index in [9.17, 15) is 32.4 Å². The number of ketones is 1. The van der Waals surface area contributed by atoms with Gasteiger partial charge in [0.25, 0.3) is 5.91 Å². The number of pyridine rings is 1. The van der Waals surface area contributed by atoms with Crippen LogP contribution in [-0.2, 0) is 33.9 Å². The SMILES string of the molecule is C=C[C@@H]1C[C@]1(NC(=O)[C@@H]1C[C@@H](Oc2nccc3cc(OC)ccc23)CN1C(=O)[C@@H](NC(=O)OC(C)(C)C)C(C)(C)C(=O)C=C(C)C)C(=O)NS(=O)(=O)C1CC1. The molecule has 5 rings (SSSR count). The third-order valence-corrected chi connectivity index (χ3v) is 11.8. The number of nitrogens with zero attached hydrogens (tertiary/aromatic N) is 2. The van der Waals surface area contributed by atoms with E-state index >= 15 is 0 Å². The lowest BCUT2D eigenvalue weighted by molar-refractivity contribution is -0.145. The molecule has 16 heteroatoms. The summed E-state index contributed by atoms with van der Waals surface area (Å²) < 4.78 is 44.8. The third-order valence-electron chi connectivity index (χ3n) is 10.00. The lowest BCUT2D eigenvalue weighted by Crippen LogP contribution is -2.61. The number of carbonyl (C=O) groups excluding carboxylic acids is 5.